The smallest absolute Gasteiger partial charge is 0.254 e. The van der Waals surface area contributed by atoms with Crippen molar-refractivity contribution in [3.05, 3.63) is 95.4 Å². The summed E-state index contributed by atoms with van der Waals surface area (Å²) in [6.45, 7) is 0.491. The molecule has 0 bridgehead atoms. The molecule has 1 aliphatic heterocycles. The molecule has 160 valence electrons. The molecule has 6 heteroatoms. The van der Waals surface area contributed by atoms with Crippen LogP contribution < -0.4 is 5.32 Å². The summed E-state index contributed by atoms with van der Waals surface area (Å²) >= 11 is 1.48. The van der Waals surface area contributed by atoms with Crippen LogP contribution in [0.2, 0.25) is 0 Å². The Balaban J connectivity index is 1.45. The zero-order valence-corrected chi connectivity index (χ0v) is 18.0. The van der Waals surface area contributed by atoms with Gasteiger partial charge in [-0.2, -0.15) is 0 Å². The molecule has 31 heavy (non-hydrogen) atoms. The number of ketones is 1. The molecule has 0 fully saturated rings. The number of carbonyl (C=O) groups is 2. The van der Waals surface area contributed by atoms with Crippen molar-refractivity contribution in [1.29, 1.82) is 0 Å². The third kappa shape index (κ3) is 5.66. The van der Waals surface area contributed by atoms with Gasteiger partial charge in [0, 0.05) is 0 Å². The molecule has 1 unspecified atom stereocenters. The fraction of sp³-hybridized carbons (Fsp3) is 0.280. The van der Waals surface area contributed by atoms with Gasteiger partial charge in [-0.05, 0) is 41.7 Å². The second-order valence-corrected chi connectivity index (χ2v) is 8.47. The number of fused-ring (bicyclic) bond motifs is 1. The van der Waals surface area contributed by atoms with E-state index in [0.29, 0.717) is 24.5 Å². The van der Waals surface area contributed by atoms with Gasteiger partial charge in [0.05, 0.1) is 30.4 Å². The van der Waals surface area contributed by atoms with E-state index in [1.807, 2.05) is 66.7 Å². The summed E-state index contributed by atoms with van der Waals surface area (Å²) in [6.07, 6.45) is 2.17. The van der Waals surface area contributed by atoms with E-state index >= 15 is 0 Å². The average molecular weight is 436 g/mol. The SMILES string of the molecule is O=C(N[C@@H](Cc1ccccc1)C(=O)CSCc1ccco1)C1OCCc2ccccc21. The van der Waals surface area contributed by atoms with Crippen LogP contribution >= 0.6 is 11.8 Å². The Morgan fingerprint density at radius 2 is 1.84 bits per heavy atom. The molecular formula is C25H25NO4S. The van der Waals surface area contributed by atoms with Gasteiger partial charge in [0.2, 0.25) is 0 Å². The lowest BCUT2D eigenvalue weighted by atomic mass is 9.96. The quantitative estimate of drug-likeness (QED) is 0.548. The summed E-state index contributed by atoms with van der Waals surface area (Å²) in [5.41, 5.74) is 3.00. The summed E-state index contributed by atoms with van der Waals surface area (Å²) in [5.74, 6) is 1.45. The fourth-order valence-electron chi connectivity index (χ4n) is 3.70. The first-order chi connectivity index (χ1) is 15.2. The second kappa shape index (κ2) is 10.5. The van der Waals surface area contributed by atoms with Gasteiger partial charge < -0.3 is 14.5 Å². The van der Waals surface area contributed by atoms with Crippen LogP contribution in [0.25, 0.3) is 0 Å². The number of Topliss-reactive ketones (excluding diaryl/α,β-unsaturated/α-hetero) is 1. The number of benzene rings is 2. The fourth-order valence-corrected chi connectivity index (χ4v) is 4.57. The molecule has 2 heterocycles. The number of thioether (sulfide) groups is 1. The lowest BCUT2D eigenvalue weighted by molar-refractivity contribution is -0.136. The van der Waals surface area contributed by atoms with Crippen molar-refractivity contribution in [2.75, 3.05) is 12.4 Å². The van der Waals surface area contributed by atoms with E-state index in [1.165, 1.54) is 11.8 Å². The predicted molar refractivity (Wildman–Crippen MR) is 121 cm³/mol. The van der Waals surface area contributed by atoms with Gasteiger partial charge >= 0.3 is 0 Å². The molecule has 0 aliphatic carbocycles. The van der Waals surface area contributed by atoms with Gasteiger partial charge in [-0.15, -0.1) is 11.8 Å². The van der Waals surface area contributed by atoms with Crippen LogP contribution in [-0.2, 0) is 32.9 Å². The molecule has 1 N–H and O–H groups in total. The highest BCUT2D eigenvalue weighted by Crippen LogP contribution is 2.27. The number of carbonyl (C=O) groups excluding carboxylic acids is 2. The van der Waals surface area contributed by atoms with Gasteiger partial charge in [0.1, 0.15) is 5.76 Å². The van der Waals surface area contributed by atoms with Crippen LogP contribution in [0.15, 0.2) is 77.4 Å². The molecular weight excluding hydrogens is 410 g/mol. The van der Waals surface area contributed by atoms with Crippen LogP contribution in [0.4, 0.5) is 0 Å². The molecule has 2 atom stereocenters. The van der Waals surface area contributed by atoms with E-state index < -0.39 is 12.1 Å². The summed E-state index contributed by atoms with van der Waals surface area (Å²) in [5, 5.41) is 2.97. The summed E-state index contributed by atoms with van der Waals surface area (Å²) in [6, 6.07) is 20.7. The third-order valence-electron chi connectivity index (χ3n) is 5.29. The molecule has 0 saturated carbocycles. The maximum atomic E-state index is 13.1. The Bertz CT molecular complexity index is 1000. The van der Waals surface area contributed by atoms with Gasteiger partial charge in [0.25, 0.3) is 5.91 Å². The van der Waals surface area contributed by atoms with E-state index in [-0.39, 0.29) is 11.7 Å². The van der Waals surface area contributed by atoms with Crippen molar-refractivity contribution in [2.24, 2.45) is 0 Å². The Hall–Kier alpha value is -2.83. The lowest BCUT2D eigenvalue weighted by Crippen LogP contribution is -2.46. The number of nitrogens with one attached hydrogen (secondary N) is 1. The minimum atomic E-state index is -0.688. The summed E-state index contributed by atoms with van der Waals surface area (Å²) < 4.78 is 11.1. The standard InChI is InChI=1S/C25H25NO4S/c27-23(17-31-16-20-10-6-13-29-20)22(15-18-7-2-1-3-8-18)26-25(28)24-21-11-5-4-9-19(21)12-14-30-24/h1-11,13,22,24H,12,14-17H2,(H,26,28)/t22-,24?/m0/s1. The minimum Gasteiger partial charge on any atom is -0.468 e. The first-order valence-electron chi connectivity index (χ1n) is 10.4. The molecule has 4 rings (SSSR count). The molecule has 3 aromatic rings. The number of hydrogen-bond acceptors (Lipinski definition) is 5. The van der Waals surface area contributed by atoms with E-state index in [9.17, 15) is 9.59 Å². The zero-order valence-electron chi connectivity index (χ0n) is 17.2. The number of amides is 1. The van der Waals surface area contributed by atoms with Crippen LogP contribution in [-0.4, -0.2) is 30.1 Å². The first-order valence-corrected chi connectivity index (χ1v) is 11.5. The lowest BCUT2D eigenvalue weighted by Gasteiger charge is -2.27. The van der Waals surface area contributed by atoms with Crippen molar-refractivity contribution in [3.63, 3.8) is 0 Å². The number of ether oxygens (including phenoxy) is 1. The summed E-state index contributed by atoms with van der Waals surface area (Å²) in [7, 11) is 0. The molecule has 1 aromatic heterocycles. The third-order valence-corrected chi connectivity index (χ3v) is 6.27. The Morgan fingerprint density at radius 3 is 2.65 bits per heavy atom. The average Bonchev–Trinajstić information content (AvgIpc) is 3.32. The van der Waals surface area contributed by atoms with Crippen LogP contribution in [0.5, 0.6) is 0 Å². The van der Waals surface area contributed by atoms with E-state index in [4.69, 9.17) is 9.15 Å². The molecule has 2 aromatic carbocycles. The maximum absolute atomic E-state index is 13.1. The van der Waals surface area contributed by atoms with Gasteiger partial charge in [-0.25, -0.2) is 0 Å². The molecule has 0 spiro atoms. The molecule has 5 nitrogen and oxygen atoms in total. The van der Waals surface area contributed by atoms with Crippen molar-refractivity contribution in [2.45, 2.75) is 30.7 Å². The highest BCUT2D eigenvalue weighted by atomic mass is 32.2. The predicted octanol–water partition coefficient (Wildman–Crippen LogP) is 4.12. The summed E-state index contributed by atoms with van der Waals surface area (Å²) in [4.78, 5) is 26.1. The van der Waals surface area contributed by atoms with E-state index in [2.05, 4.69) is 5.32 Å². The van der Waals surface area contributed by atoms with E-state index in [0.717, 1.165) is 28.9 Å². The van der Waals surface area contributed by atoms with Crippen molar-refractivity contribution in [1.82, 2.24) is 5.32 Å². The molecule has 0 radical (unpaired) electrons. The highest BCUT2D eigenvalue weighted by Gasteiger charge is 2.30. The van der Waals surface area contributed by atoms with Crippen LogP contribution in [0.3, 0.4) is 0 Å². The molecule has 1 amide bonds. The maximum Gasteiger partial charge on any atom is 0.254 e. The van der Waals surface area contributed by atoms with Crippen molar-refractivity contribution < 1.29 is 18.7 Å². The normalized spacial score (nSPS) is 16.3. The highest BCUT2D eigenvalue weighted by molar-refractivity contribution is 7.99. The van der Waals surface area contributed by atoms with Crippen LogP contribution in [0.1, 0.15) is 28.6 Å². The number of rotatable bonds is 9. The van der Waals surface area contributed by atoms with Crippen molar-refractivity contribution >= 4 is 23.5 Å². The van der Waals surface area contributed by atoms with E-state index in [1.54, 1.807) is 6.26 Å². The Morgan fingerprint density at radius 1 is 1.03 bits per heavy atom. The van der Waals surface area contributed by atoms with Gasteiger partial charge in [0.15, 0.2) is 11.9 Å². The minimum absolute atomic E-state index is 0.0159. The molecule has 1 aliphatic rings. The first kappa shape index (κ1) is 21.4. The monoisotopic (exact) mass is 435 g/mol. The second-order valence-electron chi connectivity index (χ2n) is 7.49. The van der Waals surface area contributed by atoms with Crippen LogP contribution in [0, 0.1) is 0 Å². The zero-order chi connectivity index (χ0) is 21.5. The Labute approximate surface area is 186 Å². The topological polar surface area (TPSA) is 68.5 Å². The Kier molecular flexibility index (Phi) is 7.22. The van der Waals surface area contributed by atoms with Gasteiger partial charge in [-0.3, -0.25) is 9.59 Å². The number of furan rings is 1. The van der Waals surface area contributed by atoms with Crippen molar-refractivity contribution in [3.8, 4) is 0 Å². The van der Waals surface area contributed by atoms with Gasteiger partial charge in [-0.1, -0.05) is 54.6 Å². The number of hydrogen-bond donors (Lipinski definition) is 1. The largest absolute Gasteiger partial charge is 0.468 e. The molecule has 0 saturated heterocycles.